The smallest absolute Gasteiger partial charge is 0.0692 e. The van der Waals surface area contributed by atoms with Crippen LogP contribution in [0.25, 0.3) is 0 Å². The minimum absolute atomic E-state index is 0.200. The normalized spacial score (nSPS) is 27.6. The number of aliphatic hydroxyl groups is 1. The van der Waals surface area contributed by atoms with Crippen molar-refractivity contribution in [1.82, 2.24) is 5.32 Å². The lowest BCUT2D eigenvalue weighted by Gasteiger charge is -2.25. The van der Waals surface area contributed by atoms with Crippen molar-refractivity contribution < 1.29 is 5.11 Å². The van der Waals surface area contributed by atoms with Gasteiger partial charge in [-0.05, 0) is 31.2 Å². The van der Waals surface area contributed by atoms with Crippen molar-refractivity contribution in [1.29, 1.82) is 0 Å². The molecular weight excluding hydrogens is 200 g/mol. The molecule has 0 amide bonds. The maximum atomic E-state index is 10.0. The first-order valence-electron chi connectivity index (χ1n) is 6.84. The van der Waals surface area contributed by atoms with E-state index >= 15 is 0 Å². The molecule has 0 radical (unpaired) electrons. The highest BCUT2D eigenvalue weighted by molar-refractivity contribution is 4.84. The molecular formula is C13H28N2O. The van der Waals surface area contributed by atoms with Crippen LogP contribution in [0.1, 0.15) is 46.0 Å². The van der Waals surface area contributed by atoms with Crippen molar-refractivity contribution in [3.8, 4) is 0 Å². The summed E-state index contributed by atoms with van der Waals surface area (Å²) < 4.78 is 0. The fraction of sp³-hybridized carbons (Fsp3) is 1.00. The summed E-state index contributed by atoms with van der Waals surface area (Å²) in [6, 6.07) is 0.536. The molecule has 4 N–H and O–H groups in total. The van der Waals surface area contributed by atoms with Crippen LogP contribution in [0.15, 0.2) is 0 Å². The van der Waals surface area contributed by atoms with Crippen LogP contribution in [0.5, 0.6) is 0 Å². The molecule has 3 heteroatoms. The van der Waals surface area contributed by atoms with Crippen molar-refractivity contribution in [2.24, 2.45) is 17.6 Å². The summed E-state index contributed by atoms with van der Waals surface area (Å²) in [4.78, 5) is 0. The maximum Gasteiger partial charge on any atom is 0.0692 e. The molecule has 3 atom stereocenters. The lowest BCUT2D eigenvalue weighted by atomic mass is 9.96. The molecule has 1 saturated carbocycles. The van der Waals surface area contributed by atoms with Gasteiger partial charge in [0, 0.05) is 12.6 Å². The Morgan fingerprint density at radius 2 is 2.00 bits per heavy atom. The molecule has 3 unspecified atom stereocenters. The SMILES string of the molecule is CCC(CC)C(O)CNC1CCCC1CN. The van der Waals surface area contributed by atoms with E-state index in [2.05, 4.69) is 19.2 Å². The Balaban J connectivity index is 2.27. The van der Waals surface area contributed by atoms with Gasteiger partial charge in [0.15, 0.2) is 0 Å². The van der Waals surface area contributed by atoms with Crippen LogP contribution in [0, 0.1) is 11.8 Å². The topological polar surface area (TPSA) is 58.3 Å². The molecule has 16 heavy (non-hydrogen) atoms. The van der Waals surface area contributed by atoms with Gasteiger partial charge in [-0.2, -0.15) is 0 Å². The van der Waals surface area contributed by atoms with E-state index in [1.165, 1.54) is 19.3 Å². The number of nitrogens with one attached hydrogen (secondary N) is 1. The Morgan fingerprint density at radius 3 is 2.56 bits per heavy atom. The zero-order valence-corrected chi connectivity index (χ0v) is 10.8. The first kappa shape index (κ1) is 13.9. The lowest BCUT2D eigenvalue weighted by molar-refractivity contribution is 0.0966. The Morgan fingerprint density at radius 1 is 1.31 bits per heavy atom. The summed E-state index contributed by atoms with van der Waals surface area (Å²) in [7, 11) is 0. The van der Waals surface area contributed by atoms with Gasteiger partial charge in [0.25, 0.3) is 0 Å². The third-order valence-electron chi connectivity index (χ3n) is 4.14. The molecule has 0 aliphatic heterocycles. The van der Waals surface area contributed by atoms with Crippen LogP contribution >= 0.6 is 0 Å². The predicted octanol–water partition coefficient (Wildman–Crippen LogP) is 1.50. The van der Waals surface area contributed by atoms with Crippen molar-refractivity contribution in [2.75, 3.05) is 13.1 Å². The fourth-order valence-corrected chi connectivity index (χ4v) is 2.86. The largest absolute Gasteiger partial charge is 0.392 e. The summed E-state index contributed by atoms with van der Waals surface area (Å²) in [5.41, 5.74) is 5.74. The Labute approximate surface area is 99.8 Å². The number of rotatable bonds is 7. The monoisotopic (exact) mass is 228 g/mol. The first-order chi connectivity index (χ1) is 7.72. The van der Waals surface area contributed by atoms with Gasteiger partial charge in [-0.3, -0.25) is 0 Å². The van der Waals surface area contributed by atoms with E-state index in [4.69, 9.17) is 5.73 Å². The van der Waals surface area contributed by atoms with E-state index in [-0.39, 0.29) is 6.10 Å². The molecule has 96 valence electrons. The summed E-state index contributed by atoms with van der Waals surface area (Å²) in [5.74, 6) is 1.05. The molecule has 0 aromatic carbocycles. The van der Waals surface area contributed by atoms with Gasteiger partial charge in [-0.15, -0.1) is 0 Å². The van der Waals surface area contributed by atoms with Crippen molar-refractivity contribution in [3.05, 3.63) is 0 Å². The standard InChI is InChI=1S/C13H28N2O/c1-3-10(4-2)13(16)9-15-12-7-5-6-11(12)8-14/h10-13,15-16H,3-9,14H2,1-2H3. The highest BCUT2D eigenvalue weighted by Gasteiger charge is 2.26. The van der Waals surface area contributed by atoms with E-state index < -0.39 is 0 Å². The molecule has 0 spiro atoms. The van der Waals surface area contributed by atoms with Crippen LogP contribution in [-0.2, 0) is 0 Å². The van der Waals surface area contributed by atoms with Gasteiger partial charge in [0.1, 0.15) is 0 Å². The number of hydrogen-bond acceptors (Lipinski definition) is 3. The summed E-state index contributed by atoms with van der Waals surface area (Å²) in [6.45, 7) is 5.80. The molecule has 0 saturated heterocycles. The third kappa shape index (κ3) is 3.72. The molecule has 1 aliphatic rings. The minimum atomic E-state index is -0.200. The zero-order valence-electron chi connectivity index (χ0n) is 10.8. The van der Waals surface area contributed by atoms with E-state index in [9.17, 15) is 5.11 Å². The van der Waals surface area contributed by atoms with E-state index in [0.717, 1.165) is 25.9 Å². The molecule has 0 heterocycles. The molecule has 1 fully saturated rings. The third-order valence-corrected chi connectivity index (χ3v) is 4.14. The lowest BCUT2D eigenvalue weighted by Crippen LogP contribution is -2.42. The molecule has 1 rings (SSSR count). The minimum Gasteiger partial charge on any atom is -0.392 e. The van der Waals surface area contributed by atoms with Gasteiger partial charge < -0.3 is 16.2 Å². The molecule has 0 aromatic rings. The predicted molar refractivity (Wildman–Crippen MR) is 68.3 cm³/mol. The maximum absolute atomic E-state index is 10.0. The number of nitrogens with two attached hydrogens (primary N) is 1. The second-order valence-corrected chi connectivity index (χ2v) is 5.09. The fourth-order valence-electron chi connectivity index (χ4n) is 2.86. The molecule has 1 aliphatic carbocycles. The first-order valence-corrected chi connectivity index (χ1v) is 6.84. The second-order valence-electron chi connectivity index (χ2n) is 5.09. The summed E-state index contributed by atoms with van der Waals surface area (Å²) in [6.07, 6.45) is 5.66. The molecule has 0 bridgehead atoms. The van der Waals surface area contributed by atoms with Crippen LogP contribution in [0.2, 0.25) is 0 Å². The van der Waals surface area contributed by atoms with Crippen molar-refractivity contribution >= 4 is 0 Å². The molecule has 3 nitrogen and oxygen atoms in total. The summed E-state index contributed by atoms with van der Waals surface area (Å²) >= 11 is 0. The highest BCUT2D eigenvalue weighted by Crippen LogP contribution is 2.24. The van der Waals surface area contributed by atoms with Crippen LogP contribution in [0.4, 0.5) is 0 Å². The molecule has 0 aromatic heterocycles. The van der Waals surface area contributed by atoms with E-state index in [1.54, 1.807) is 0 Å². The Bertz CT molecular complexity index is 183. The second kappa shape index (κ2) is 7.25. The number of hydrogen-bond donors (Lipinski definition) is 3. The highest BCUT2D eigenvalue weighted by atomic mass is 16.3. The number of aliphatic hydroxyl groups excluding tert-OH is 1. The Kier molecular flexibility index (Phi) is 6.32. The van der Waals surface area contributed by atoms with Gasteiger partial charge in [0.2, 0.25) is 0 Å². The van der Waals surface area contributed by atoms with Crippen molar-refractivity contribution in [3.63, 3.8) is 0 Å². The van der Waals surface area contributed by atoms with Gasteiger partial charge in [-0.25, -0.2) is 0 Å². The Hall–Kier alpha value is -0.120. The van der Waals surface area contributed by atoms with Crippen LogP contribution in [-0.4, -0.2) is 30.3 Å². The van der Waals surface area contributed by atoms with Crippen LogP contribution < -0.4 is 11.1 Å². The van der Waals surface area contributed by atoms with E-state index in [0.29, 0.717) is 17.9 Å². The van der Waals surface area contributed by atoms with Crippen molar-refractivity contribution in [2.45, 2.75) is 58.1 Å². The van der Waals surface area contributed by atoms with E-state index in [1.807, 2.05) is 0 Å². The quantitative estimate of drug-likeness (QED) is 0.619. The zero-order chi connectivity index (χ0) is 12.0. The average molecular weight is 228 g/mol. The van der Waals surface area contributed by atoms with Gasteiger partial charge >= 0.3 is 0 Å². The van der Waals surface area contributed by atoms with Gasteiger partial charge in [0.05, 0.1) is 6.10 Å². The van der Waals surface area contributed by atoms with Crippen LogP contribution in [0.3, 0.4) is 0 Å². The van der Waals surface area contributed by atoms with Gasteiger partial charge in [-0.1, -0.05) is 33.1 Å². The average Bonchev–Trinajstić information content (AvgIpc) is 2.75. The summed E-state index contributed by atoms with van der Waals surface area (Å²) in [5, 5.41) is 13.5.